The van der Waals surface area contributed by atoms with E-state index in [-0.39, 0.29) is 0 Å². The van der Waals surface area contributed by atoms with Crippen molar-refractivity contribution < 1.29 is 0 Å². The maximum atomic E-state index is 5.54. The smallest absolute Gasteiger partial charge is 0.00225 e. The fraction of sp³-hybridized carbons (Fsp3) is 1.00. The van der Waals surface area contributed by atoms with E-state index in [0.717, 1.165) is 32.5 Å². The van der Waals surface area contributed by atoms with Crippen LogP contribution in [0.15, 0.2) is 0 Å². The van der Waals surface area contributed by atoms with Gasteiger partial charge < -0.3 is 16.8 Å². The molecular weight excluding hydrogens is 126 g/mol. The highest BCUT2D eigenvalue weighted by Gasteiger charge is 1.91. The standard InChI is InChI=1S/C7H19N3/c1-7(9)3-6-10-5-2-4-8/h7,10H,2-6,8-9H2,1H3. The minimum Gasteiger partial charge on any atom is -0.330 e. The highest BCUT2D eigenvalue weighted by atomic mass is 14.9. The zero-order valence-corrected chi connectivity index (χ0v) is 6.77. The van der Waals surface area contributed by atoms with Crippen molar-refractivity contribution in [1.29, 1.82) is 0 Å². The van der Waals surface area contributed by atoms with Gasteiger partial charge in [-0.3, -0.25) is 0 Å². The molecule has 0 aliphatic carbocycles. The molecule has 0 spiro atoms. The summed E-state index contributed by atoms with van der Waals surface area (Å²) in [5.74, 6) is 0. The first-order valence-electron chi connectivity index (χ1n) is 3.93. The van der Waals surface area contributed by atoms with Crippen LogP contribution in [0.4, 0.5) is 0 Å². The van der Waals surface area contributed by atoms with Gasteiger partial charge >= 0.3 is 0 Å². The molecule has 0 fully saturated rings. The van der Waals surface area contributed by atoms with Crippen molar-refractivity contribution in [3.8, 4) is 0 Å². The predicted molar refractivity (Wildman–Crippen MR) is 44.8 cm³/mol. The van der Waals surface area contributed by atoms with Gasteiger partial charge in [0.05, 0.1) is 0 Å². The summed E-state index contributed by atoms with van der Waals surface area (Å²) < 4.78 is 0. The third kappa shape index (κ3) is 7.88. The van der Waals surface area contributed by atoms with Crippen LogP contribution in [0.2, 0.25) is 0 Å². The van der Waals surface area contributed by atoms with E-state index in [1.54, 1.807) is 0 Å². The third-order valence-corrected chi connectivity index (χ3v) is 1.33. The Labute approximate surface area is 63.2 Å². The molecule has 0 saturated heterocycles. The monoisotopic (exact) mass is 145 g/mol. The summed E-state index contributed by atoms with van der Waals surface area (Å²) in [6.07, 6.45) is 2.10. The zero-order valence-electron chi connectivity index (χ0n) is 6.77. The fourth-order valence-corrected chi connectivity index (χ4v) is 0.682. The van der Waals surface area contributed by atoms with Crippen LogP contribution in [0.1, 0.15) is 19.8 Å². The van der Waals surface area contributed by atoms with Crippen LogP contribution in [-0.4, -0.2) is 25.7 Å². The second kappa shape index (κ2) is 6.99. The molecule has 3 nitrogen and oxygen atoms in total. The van der Waals surface area contributed by atoms with Gasteiger partial charge in [0.2, 0.25) is 0 Å². The maximum Gasteiger partial charge on any atom is 0.00225 e. The Morgan fingerprint density at radius 1 is 1.40 bits per heavy atom. The quantitative estimate of drug-likeness (QED) is 0.448. The molecule has 62 valence electrons. The number of hydrogen-bond donors (Lipinski definition) is 3. The van der Waals surface area contributed by atoms with Crippen molar-refractivity contribution in [2.45, 2.75) is 25.8 Å². The summed E-state index contributed by atoms with van der Waals surface area (Å²) in [5.41, 5.74) is 10.8. The van der Waals surface area contributed by atoms with Gasteiger partial charge in [-0.2, -0.15) is 0 Å². The van der Waals surface area contributed by atoms with E-state index in [9.17, 15) is 0 Å². The first kappa shape index (κ1) is 9.88. The zero-order chi connectivity index (χ0) is 7.82. The summed E-state index contributed by atoms with van der Waals surface area (Å²) >= 11 is 0. The molecule has 0 aliphatic heterocycles. The molecule has 0 heterocycles. The number of nitrogens with two attached hydrogens (primary N) is 2. The minimum absolute atomic E-state index is 0.311. The molecule has 10 heavy (non-hydrogen) atoms. The molecule has 0 amide bonds. The molecule has 0 aromatic carbocycles. The highest BCUT2D eigenvalue weighted by Crippen LogP contribution is 1.81. The van der Waals surface area contributed by atoms with Crippen LogP contribution in [-0.2, 0) is 0 Å². The van der Waals surface area contributed by atoms with Gasteiger partial charge in [-0.15, -0.1) is 0 Å². The van der Waals surface area contributed by atoms with E-state index < -0.39 is 0 Å². The molecule has 1 unspecified atom stereocenters. The molecule has 0 aromatic heterocycles. The average Bonchev–Trinajstić information content (AvgIpc) is 1.87. The Morgan fingerprint density at radius 3 is 2.60 bits per heavy atom. The maximum absolute atomic E-state index is 5.54. The second-order valence-corrected chi connectivity index (χ2v) is 2.66. The van der Waals surface area contributed by atoms with Crippen molar-refractivity contribution in [2.24, 2.45) is 11.5 Å². The summed E-state index contributed by atoms with van der Waals surface area (Å²) in [6, 6.07) is 0.311. The first-order chi connectivity index (χ1) is 4.77. The lowest BCUT2D eigenvalue weighted by molar-refractivity contribution is 0.579. The molecule has 0 bridgehead atoms. The second-order valence-electron chi connectivity index (χ2n) is 2.66. The van der Waals surface area contributed by atoms with Crippen molar-refractivity contribution in [3.05, 3.63) is 0 Å². The minimum atomic E-state index is 0.311. The van der Waals surface area contributed by atoms with Gasteiger partial charge in [0.15, 0.2) is 0 Å². The van der Waals surface area contributed by atoms with Gasteiger partial charge in [-0.25, -0.2) is 0 Å². The van der Waals surface area contributed by atoms with Crippen molar-refractivity contribution in [3.63, 3.8) is 0 Å². The molecule has 0 radical (unpaired) electrons. The number of rotatable bonds is 6. The Bertz CT molecular complexity index is 63.9. The van der Waals surface area contributed by atoms with Crippen LogP contribution < -0.4 is 16.8 Å². The lowest BCUT2D eigenvalue weighted by Gasteiger charge is -2.05. The highest BCUT2D eigenvalue weighted by molar-refractivity contribution is 4.55. The molecule has 0 aromatic rings. The average molecular weight is 145 g/mol. The Balaban J connectivity index is 2.77. The lowest BCUT2D eigenvalue weighted by Crippen LogP contribution is -2.25. The Morgan fingerprint density at radius 2 is 2.10 bits per heavy atom. The SMILES string of the molecule is CC(N)CCNCCCN. The number of nitrogens with one attached hydrogen (secondary N) is 1. The van der Waals surface area contributed by atoms with E-state index in [2.05, 4.69) is 5.32 Å². The first-order valence-corrected chi connectivity index (χ1v) is 3.93. The van der Waals surface area contributed by atoms with Gasteiger partial charge in [0, 0.05) is 6.04 Å². The summed E-state index contributed by atoms with van der Waals surface area (Å²) in [4.78, 5) is 0. The van der Waals surface area contributed by atoms with Gasteiger partial charge in [0.25, 0.3) is 0 Å². The molecule has 0 aliphatic rings. The van der Waals surface area contributed by atoms with Crippen molar-refractivity contribution in [1.82, 2.24) is 5.32 Å². The third-order valence-electron chi connectivity index (χ3n) is 1.33. The van der Waals surface area contributed by atoms with E-state index in [1.807, 2.05) is 6.92 Å². The summed E-state index contributed by atoms with van der Waals surface area (Å²) in [7, 11) is 0. The predicted octanol–water partition coefficient (Wildman–Crippen LogP) is -0.338. The molecule has 0 rings (SSSR count). The summed E-state index contributed by atoms with van der Waals surface area (Å²) in [5, 5.41) is 3.26. The molecule has 5 N–H and O–H groups in total. The fourth-order valence-electron chi connectivity index (χ4n) is 0.682. The van der Waals surface area contributed by atoms with Gasteiger partial charge in [0.1, 0.15) is 0 Å². The van der Waals surface area contributed by atoms with E-state index in [0.29, 0.717) is 6.04 Å². The Hall–Kier alpha value is -0.120. The Kier molecular flexibility index (Phi) is 6.91. The van der Waals surface area contributed by atoms with Crippen molar-refractivity contribution >= 4 is 0 Å². The van der Waals surface area contributed by atoms with Crippen molar-refractivity contribution in [2.75, 3.05) is 19.6 Å². The normalized spacial score (nSPS) is 13.5. The topological polar surface area (TPSA) is 64.1 Å². The number of hydrogen-bond acceptors (Lipinski definition) is 3. The van der Waals surface area contributed by atoms with E-state index in [4.69, 9.17) is 11.5 Å². The van der Waals surface area contributed by atoms with E-state index in [1.165, 1.54) is 0 Å². The van der Waals surface area contributed by atoms with Crippen LogP contribution in [0, 0.1) is 0 Å². The van der Waals surface area contributed by atoms with Gasteiger partial charge in [-0.1, -0.05) is 0 Å². The van der Waals surface area contributed by atoms with E-state index >= 15 is 0 Å². The largest absolute Gasteiger partial charge is 0.330 e. The van der Waals surface area contributed by atoms with Crippen LogP contribution in [0.5, 0.6) is 0 Å². The van der Waals surface area contributed by atoms with Crippen LogP contribution in [0.25, 0.3) is 0 Å². The molecular formula is C7H19N3. The van der Waals surface area contributed by atoms with Crippen LogP contribution >= 0.6 is 0 Å². The van der Waals surface area contributed by atoms with Crippen LogP contribution in [0.3, 0.4) is 0 Å². The van der Waals surface area contributed by atoms with Gasteiger partial charge in [-0.05, 0) is 39.4 Å². The molecule has 0 saturated carbocycles. The molecule has 3 heteroatoms. The molecule has 1 atom stereocenters. The lowest BCUT2D eigenvalue weighted by atomic mass is 10.2. The summed E-state index contributed by atoms with van der Waals surface area (Å²) in [6.45, 7) is 4.82.